The lowest BCUT2D eigenvalue weighted by atomic mass is 10.00. The summed E-state index contributed by atoms with van der Waals surface area (Å²) in [5, 5.41) is 2.38. The Morgan fingerprint density at radius 2 is 2.06 bits per heavy atom. The highest BCUT2D eigenvalue weighted by Crippen LogP contribution is 2.38. The summed E-state index contributed by atoms with van der Waals surface area (Å²) in [6.45, 7) is 0.862. The second-order valence-corrected chi connectivity index (χ2v) is 4.41. The van der Waals surface area contributed by atoms with Gasteiger partial charge in [0.05, 0.1) is 13.2 Å². The van der Waals surface area contributed by atoms with Crippen LogP contribution in [0.25, 0.3) is 10.8 Å². The molecule has 17 heavy (non-hydrogen) atoms. The minimum absolute atomic E-state index is 0.203. The van der Waals surface area contributed by atoms with Crippen LogP contribution in [0.4, 0.5) is 0 Å². The van der Waals surface area contributed by atoms with Crippen LogP contribution in [0, 0.1) is 0 Å². The molecule has 0 saturated carbocycles. The molecule has 0 N–H and O–H groups in total. The average Bonchev–Trinajstić information content (AvgIpc) is 2.91. The van der Waals surface area contributed by atoms with Gasteiger partial charge in [0.1, 0.15) is 5.75 Å². The van der Waals surface area contributed by atoms with Gasteiger partial charge in [0.2, 0.25) is 0 Å². The highest BCUT2D eigenvalue weighted by Gasteiger charge is 2.22. The van der Waals surface area contributed by atoms with Gasteiger partial charge in [-0.1, -0.05) is 36.4 Å². The van der Waals surface area contributed by atoms with Crippen LogP contribution in [0.2, 0.25) is 0 Å². The summed E-state index contributed by atoms with van der Waals surface area (Å²) in [5.41, 5.74) is 1.18. The summed E-state index contributed by atoms with van der Waals surface area (Å²) in [6.07, 6.45) is 2.43. The first-order valence-corrected chi connectivity index (χ1v) is 6.07. The zero-order chi connectivity index (χ0) is 11.7. The lowest BCUT2D eigenvalue weighted by molar-refractivity contribution is 0.110. The van der Waals surface area contributed by atoms with Gasteiger partial charge in [-0.3, -0.25) is 0 Å². The molecule has 2 aromatic carbocycles. The molecule has 2 aromatic rings. The predicted molar refractivity (Wildman–Crippen MR) is 68.4 cm³/mol. The van der Waals surface area contributed by atoms with E-state index >= 15 is 0 Å². The quantitative estimate of drug-likeness (QED) is 0.780. The van der Waals surface area contributed by atoms with E-state index in [9.17, 15) is 0 Å². The molecule has 0 radical (unpaired) electrons. The summed E-state index contributed by atoms with van der Waals surface area (Å²) >= 11 is 0. The molecule has 0 spiro atoms. The van der Waals surface area contributed by atoms with Crippen molar-refractivity contribution in [2.24, 2.45) is 0 Å². The van der Waals surface area contributed by atoms with Gasteiger partial charge in [0, 0.05) is 17.6 Å². The Bertz CT molecular complexity index is 527. The van der Waals surface area contributed by atoms with Gasteiger partial charge in [0.15, 0.2) is 0 Å². The largest absolute Gasteiger partial charge is 0.496 e. The second kappa shape index (κ2) is 4.38. The van der Waals surface area contributed by atoms with Crippen molar-refractivity contribution >= 4 is 10.8 Å². The van der Waals surface area contributed by atoms with Gasteiger partial charge in [-0.25, -0.2) is 0 Å². The normalized spacial score (nSPS) is 19.7. The summed E-state index contributed by atoms with van der Waals surface area (Å²) in [4.78, 5) is 0. The Morgan fingerprint density at radius 1 is 1.18 bits per heavy atom. The van der Waals surface area contributed by atoms with Crippen LogP contribution in [0.1, 0.15) is 24.5 Å². The maximum absolute atomic E-state index is 5.75. The molecule has 2 nitrogen and oxygen atoms in total. The average molecular weight is 228 g/mol. The van der Waals surface area contributed by atoms with Crippen LogP contribution in [0.3, 0.4) is 0 Å². The van der Waals surface area contributed by atoms with Gasteiger partial charge in [-0.15, -0.1) is 0 Å². The summed E-state index contributed by atoms with van der Waals surface area (Å²) < 4.78 is 11.3. The van der Waals surface area contributed by atoms with Crippen molar-refractivity contribution < 1.29 is 9.47 Å². The lowest BCUT2D eigenvalue weighted by Gasteiger charge is -2.16. The van der Waals surface area contributed by atoms with Gasteiger partial charge in [-0.2, -0.15) is 0 Å². The summed E-state index contributed by atoms with van der Waals surface area (Å²) in [6, 6.07) is 12.6. The molecule has 1 heterocycles. The van der Waals surface area contributed by atoms with Crippen LogP contribution in [0.15, 0.2) is 36.4 Å². The predicted octanol–water partition coefficient (Wildman–Crippen LogP) is 3.70. The Balaban J connectivity index is 2.17. The number of fused-ring (bicyclic) bond motifs is 1. The zero-order valence-corrected chi connectivity index (χ0v) is 9.98. The molecule has 2 heteroatoms. The lowest BCUT2D eigenvalue weighted by Crippen LogP contribution is -2.00. The number of methoxy groups -OCH3 is 1. The Labute approximate surface area is 101 Å². The topological polar surface area (TPSA) is 18.5 Å². The first-order chi connectivity index (χ1) is 8.40. The standard InChI is InChI=1S/C15H16O2/c1-16-15-12-6-3-2-5-11(12)8-9-13(15)14-7-4-10-17-14/h2-3,5-6,8-9,14H,4,7,10H2,1H3/t14-/m1/s1. The van der Waals surface area contributed by atoms with Crippen LogP contribution in [-0.4, -0.2) is 13.7 Å². The maximum atomic E-state index is 5.75. The van der Waals surface area contributed by atoms with Gasteiger partial charge in [-0.05, 0) is 18.2 Å². The van der Waals surface area contributed by atoms with Crippen LogP contribution < -0.4 is 4.74 Å². The minimum Gasteiger partial charge on any atom is -0.496 e. The van der Waals surface area contributed by atoms with Crippen molar-refractivity contribution in [1.82, 2.24) is 0 Å². The van der Waals surface area contributed by atoms with E-state index in [0.29, 0.717) is 0 Å². The first kappa shape index (κ1) is 10.6. The highest BCUT2D eigenvalue weighted by atomic mass is 16.5. The molecule has 88 valence electrons. The smallest absolute Gasteiger partial charge is 0.132 e. The van der Waals surface area contributed by atoms with E-state index in [4.69, 9.17) is 9.47 Å². The molecule has 0 aromatic heterocycles. The van der Waals surface area contributed by atoms with Crippen LogP contribution in [0.5, 0.6) is 5.75 Å². The monoisotopic (exact) mass is 228 g/mol. The van der Waals surface area contributed by atoms with Crippen LogP contribution in [-0.2, 0) is 4.74 Å². The molecule has 0 unspecified atom stereocenters. The molecule has 1 aliphatic heterocycles. The number of benzene rings is 2. The molecular formula is C15H16O2. The maximum Gasteiger partial charge on any atom is 0.132 e. The van der Waals surface area contributed by atoms with Crippen molar-refractivity contribution in [3.63, 3.8) is 0 Å². The van der Waals surface area contributed by atoms with Crippen molar-refractivity contribution in [1.29, 1.82) is 0 Å². The zero-order valence-electron chi connectivity index (χ0n) is 9.98. The summed E-state index contributed by atoms with van der Waals surface area (Å²) in [5.74, 6) is 0.968. The SMILES string of the molecule is COc1c([C@H]2CCCO2)ccc2ccccc12. The number of rotatable bonds is 2. The van der Waals surface area contributed by atoms with E-state index in [-0.39, 0.29) is 6.10 Å². The van der Waals surface area contributed by atoms with Crippen molar-refractivity contribution in [2.75, 3.05) is 13.7 Å². The fourth-order valence-electron chi connectivity index (χ4n) is 2.56. The highest BCUT2D eigenvalue weighted by molar-refractivity contribution is 5.89. The van der Waals surface area contributed by atoms with Crippen molar-refractivity contribution in [3.05, 3.63) is 42.0 Å². The Kier molecular flexibility index (Phi) is 2.73. The van der Waals surface area contributed by atoms with E-state index in [1.807, 2.05) is 12.1 Å². The van der Waals surface area contributed by atoms with Crippen molar-refractivity contribution in [3.8, 4) is 5.75 Å². The number of ether oxygens (including phenoxy) is 2. The van der Waals surface area contributed by atoms with Crippen LogP contribution >= 0.6 is 0 Å². The van der Waals surface area contributed by atoms with Gasteiger partial charge < -0.3 is 9.47 Å². The first-order valence-electron chi connectivity index (χ1n) is 6.07. The van der Waals surface area contributed by atoms with Gasteiger partial charge in [0.25, 0.3) is 0 Å². The molecule has 3 rings (SSSR count). The fraction of sp³-hybridized carbons (Fsp3) is 0.333. The molecule has 0 bridgehead atoms. The number of hydrogen-bond acceptors (Lipinski definition) is 2. The molecule has 1 saturated heterocycles. The van der Waals surface area contributed by atoms with E-state index in [1.165, 1.54) is 16.3 Å². The van der Waals surface area contributed by atoms with Crippen molar-refractivity contribution in [2.45, 2.75) is 18.9 Å². The second-order valence-electron chi connectivity index (χ2n) is 4.41. The van der Waals surface area contributed by atoms with E-state index in [0.717, 1.165) is 25.2 Å². The Morgan fingerprint density at radius 3 is 2.82 bits per heavy atom. The Hall–Kier alpha value is -1.54. The fourth-order valence-corrected chi connectivity index (χ4v) is 2.56. The van der Waals surface area contributed by atoms with E-state index in [1.54, 1.807) is 7.11 Å². The van der Waals surface area contributed by atoms with E-state index < -0.39 is 0 Å². The molecule has 0 aliphatic carbocycles. The molecule has 0 amide bonds. The van der Waals surface area contributed by atoms with E-state index in [2.05, 4.69) is 24.3 Å². The molecule has 1 fully saturated rings. The number of hydrogen-bond donors (Lipinski definition) is 0. The molecule has 1 aliphatic rings. The third-order valence-corrected chi connectivity index (χ3v) is 3.39. The third kappa shape index (κ3) is 1.79. The van der Waals surface area contributed by atoms with Gasteiger partial charge >= 0.3 is 0 Å². The summed E-state index contributed by atoms with van der Waals surface area (Å²) in [7, 11) is 1.74. The minimum atomic E-state index is 0.203. The molecule has 1 atom stereocenters. The third-order valence-electron chi connectivity index (χ3n) is 3.39. The molecular weight excluding hydrogens is 212 g/mol.